The Kier molecular flexibility index (Phi) is 4.36. The second kappa shape index (κ2) is 6.15. The van der Waals surface area contributed by atoms with E-state index in [2.05, 4.69) is 13.8 Å². The van der Waals surface area contributed by atoms with E-state index >= 15 is 0 Å². The van der Waals surface area contributed by atoms with Crippen LogP contribution in [0.5, 0.6) is 0 Å². The molecular formula is C17H24N2O3S. The molecule has 2 saturated heterocycles. The summed E-state index contributed by atoms with van der Waals surface area (Å²) in [4.78, 5) is 14.6. The summed E-state index contributed by atoms with van der Waals surface area (Å²) in [6.45, 7) is 6.47. The van der Waals surface area contributed by atoms with Crippen molar-refractivity contribution >= 4 is 21.6 Å². The van der Waals surface area contributed by atoms with Gasteiger partial charge in [-0.15, -0.1) is 0 Å². The molecule has 1 aromatic carbocycles. The van der Waals surface area contributed by atoms with E-state index in [4.69, 9.17) is 0 Å². The van der Waals surface area contributed by atoms with Gasteiger partial charge in [-0.2, -0.15) is 0 Å². The summed E-state index contributed by atoms with van der Waals surface area (Å²) in [5.74, 6) is 1.30. The van der Waals surface area contributed by atoms with Gasteiger partial charge in [-0.3, -0.25) is 9.10 Å². The summed E-state index contributed by atoms with van der Waals surface area (Å²) in [7, 11) is -3.17. The van der Waals surface area contributed by atoms with Crippen molar-refractivity contribution in [3.05, 3.63) is 29.8 Å². The number of hydrogen-bond acceptors (Lipinski definition) is 3. The lowest BCUT2D eigenvalue weighted by molar-refractivity contribution is 0.0623. The van der Waals surface area contributed by atoms with Crippen molar-refractivity contribution in [1.29, 1.82) is 0 Å². The largest absolute Gasteiger partial charge is 0.338 e. The van der Waals surface area contributed by atoms with Crippen LogP contribution in [-0.4, -0.2) is 44.6 Å². The third-order valence-corrected chi connectivity index (χ3v) is 6.53. The molecule has 0 saturated carbocycles. The zero-order chi connectivity index (χ0) is 16.6. The predicted molar refractivity (Wildman–Crippen MR) is 91.0 cm³/mol. The summed E-state index contributed by atoms with van der Waals surface area (Å²) in [6, 6.07) is 6.98. The van der Waals surface area contributed by atoms with Gasteiger partial charge in [0.1, 0.15) is 0 Å². The van der Waals surface area contributed by atoms with E-state index in [1.807, 2.05) is 4.90 Å². The standard InChI is InChI=1S/C17H24N2O3S/c1-13-10-14(2)12-18(11-13)17(20)15-4-6-16(7-5-15)19-8-3-9-23(19,21)22/h4-7,13-14H,3,8-12H2,1-2H3/t13-,14-/m1/s1. The summed E-state index contributed by atoms with van der Waals surface area (Å²) in [5, 5.41) is 0. The molecule has 6 heteroatoms. The Morgan fingerprint density at radius 2 is 1.70 bits per heavy atom. The van der Waals surface area contributed by atoms with Crippen LogP contribution in [0.1, 0.15) is 37.0 Å². The smallest absolute Gasteiger partial charge is 0.253 e. The Balaban J connectivity index is 1.75. The molecule has 2 atom stereocenters. The molecule has 0 N–H and O–H groups in total. The van der Waals surface area contributed by atoms with Crippen LogP contribution < -0.4 is 4.31 Å². The van der Waals surface area contributed by atoms with Gasteiger partial charge in [-0.25, -0.2) is 8.42 Å². The molecule has 0 aliphatic carbocycles. The fourth-order valence-electron chi connectivity index (χ4n) is 3.71. The van der Waals surface area contributed by atoms with Crippen LogP contribution in [0.25, 0.3) is 0 Å². The van der Waals surface area contributed by atoms with E-state index < -0.39 is 10.0 Å². The minimum Gasteiger partial charge on any atom is -0.338 e. The molecule has 0 bridgehead atoms. The van der Waals surface area contributed by atoms with Gasteiger partial charge in [0.25, 0.3) is 5.91 Å². The Bertz CT molecular complexity index is 674. The summed E-state index contributed by atoms with van der Waals surface area (Å²) < 4.78 is 25.3. The first-order valence-corrected chi connectivity index (χ1v) is 9.87. The molecule has 2 aliphatic heterocycles. The zero-order valence-electron chi connectivity index (χ0n) is 13.7. The number of piperidine rings is 1. The molecule has 2 fully saturated rings. The zero-order valence-corrected chi connectivity index (χ0v) is 14.6. The van der Waals surface area contributed by atoms with Crippen molar-refractivity contribution in [3.8, 4) is 0 Å². The number of sulfonamides is 1. The number of carbonyl (C=O) groups is 1. The van der Waals surface area contributed by atoms with E-state index in [1.165, 1.54) is 4.31 Å². The highest BCUT2D eigenvalue weighted by molar-refractivity contribution is 7.93. The summed E-state index contributed by atoms with van der Waals surface area (Å²) >= 11 is 0. The highest BCUT2D eigenvalue weighted by Gasteiger charge is 2.29. The monoisotopic (exact) mass is 336 g/mol. The first-order valence-electron chi connectivity index (χ1n) is 8.26. The molecule has 0 unspecified atom stereocenters. The predicted octanol–water partition coefficient (Wildman–Crippen LogP) is 2.34. The van der Waals surface area contributed by atoms with Gasteiger partial charge in [-0.1, -0.05) is 13.8 Å². The summed E-state index contributed by atoms with van der Waals surface area (Å²) in [5.41, 5.74) is 1.28. The van der Waals surface area contributed by atoms with Gasteiger partial charge in [0.2, 0.25) is 10.0 Å². The molecule has 2 aliphatic rings. The second-order valence-electron chi connectivity index (χ2n) is 6.94. The van der Waals surface area contributed by atoms with E-state index in [9.17, 15) is 13.2 Å². The van der Waals surface area contributed by atoms with Gasteiger partial charge in [-0.05, 0) is 48.9 Å². The topological polar surface area (TPSA) is 57.7 Å². The Labute approximate surface area is 138 Å². The lowest BCUT2D eigenvalue weighted by Crippen LogP contribution is -2.42. The first-order chi connectivity index (χ1) is 10.9. The minimum absolute atomic E-state index is 0.0410. The van der Waals surface area contributed by atoms with Crippen LogP contribution in [0.15, 0.2) is 24.3 Å². The number of benzene rings is 1. The van der Waals surface area contributed by atoms with Crippen LogP contribution in [0.4, 0.5) is 5.69 Å². The maximum atomic E-state index is 12.6. The number of carbonyl (C=O) groups excluding carboxylic acids is 1. The van der Waals surface area contributed by atoms with Crippen molar-refractivity contribution in [1.82, 2.24) is 4.90 Å². The van der Waals surface area contributed by atoms with Crippen molar-refractivity contribution in [2.45, 2.75) is 26.7 Å². The molecule has 126 valence electrons. The third-order valence-electron chi connectivity index (χ3n) is 4.66. The van der Waals surface area contributed by atoms with Crippen LogP contribution in [0.2, 0.25) is 0 Å². The van der Waals surface area contributed by atoms with E-state index in [-0.39, 0.29) is 11.7 Å². The van der Waals surface area contributed by atoms with Crippen LogP contribution in [0, 0.1) is 11.8 Å². The van der Waals surface area contributed by atoms with Gasteiger partial charge < -0.3 is 4.90 Å². The molecular weight excluding hydrogens is 312 g/mol. The molecule has 0 aromatic heterocycles. The SMILES string of the molecule is C[C@@H]1C[C@@H](C)CN(C(=O)c2ccc(N3CCCS3(=O)=O)cc2)C1. The molecule has 2 heterocycles. The number of anilines is 1. The van der Waals surface area contributed by atoms with Gasteiger partial charge in [0, 0.05) is 25.2 Å². The van der Waals surface area contributed by atoms with Crippen LogP contribution >= 0.6 is 0 Å². The van der Waals surface area contributed by atoms with Gasteiger partial charge in [0.05, 0.1) is 11.4 Å². The summed E-state index contributed by atoms with van der Waals surface area (Å²) in [6.07, 6.45) is 1.82. The maximum absolute atomic E-state index is 12.6. The number of rotatable bonds is 2. The maximum Gasteiger partial charge on any atom is 0.253 e. The lowest BCUT2D eigenvalue weighted by atomic mass is 9.91. The van der Waals surface area contributed by atoms with Crippen molar-refractivity contribution < 1.29 is 13.2 Å². The Morgan fingerprint density at radius 1 is 1.09 bits per heavy atom. The molecule has 1 amide bonds. The quantitative estimate of drug-likeness (QED) is 0.833. The van der Waals surface area contributed by atoms with E-state index in [0.717, 1.165) is 19.5 Å². The molecule has 1 aromatic rings. The highest BCUT2D eigenvalue weighted by Crippen LogP contribution is 2.26. The van der Waals surface area contributed by atoms with E-state index in [1.54, 1.807) is 24.3 Å². The number of nitrogens with zero attached hydrogens (tertiary/aromatic N) is 2. The average Bonchev–Trinajstić information content (AvgIpc) is 2.85. The Morgan fingerprint density at radius 3 is 2.22 bits per heavy atom. The average molecular weight is 336 g/mol. The Hall–Kier alpha value is -1.56. The van der Waals surface area contributed by atoms with Crippen molar-refractivity contribution in [3.63, 3.8) is 0 Å². The van der Waals surface area contributed by atoms with Crippen molar-refractivity contribution in [2.24, 2.45) is 11.8 Å². The second-order valence-corrected chi connectivity index (χ2v) is 8.96. The molecule has 5 nitrogen and oxygen atoms in total. The first kappa shape index (κ1) is 16.3. The molecule has 0 spiro atoms. The lowest BCUT2D eigenvalue weighted by Gasteiger charge is -2.35. The van der Waals surface area contributed by atoms with Gasteiger partial charge in [0.15, 0.2) is 0 Å². The highest BCUT2D eigenvalue weighted by atomic mass is 32.2. The minimum atomic E-state index is -3.17. The molecule has 0 radical (unpaired) electrons. The fourth-order valence-corrected chi connectivity index (χ4v) is 5.28. The number of likely N-dealkylation sites (tertiary alicyclic amines) is 1. The van der Waals surface area contributed by atoms with E-state index in [0.29, 0.717) is 36.1 Å². The van der Waals surface area contributed by atoms with Crippen LogP contribution in [0.3, 0.4) is 0 Å². The number of hydrogen-bond donors (Lipinski definition) is 0. The third kappa shape index (κ3) is 3.37. The molecule has 23 heavy (non-hydrogen) atoms. The normalized spacial score (nSPS) is 27.2. The van der Waals surface area contributed by atoms with Gasteiger partial charge >= 0.3 is 0 Å². The fraction of sp³-hybridized carbons (Fsp3) is 0.588. The molecule has 3 rings (SSSR count). The van der Waals surface area contributed by atoms with Crippen LogP contribution in [-0.2, 0) is 10.0 Å². The number of amides is 1. The van der Waals surface area contributed by atoms with Crippen molar-refractivity contribution in [2.75, 3.05) is 29.7 Å².